The quantitative estimate of drug-likeness (QED) is 0.694. The average molecular weight is 313 g/mol. The van der Waals surface area contributed by atoms with Gasteiger partial charge in [0.15, 0.2) is 4.90 Å². The van der Waals surface area contributed by atoms with E-state index in [0.29, 0.717) is 5.69 Å². The van der Waals surface area contributed by atoms with Crippen LogP contribution in [0.5, 0.6) is 0 Å². The van der Waals surface area contributed by atoms with E-state index in [4.69, 9.17) is 11.6 Å². The third-order valence-electron chi connectivity index (χ3n) is 2.43. The van der Waals surface area contributed by atoms with Crippen molar-refractivity contribution < 1.29 is 13.3 Å². The summed E-state index contributed by atoms with van der Waals surface area (Å²) in [6, 6.07) is 11.5. The Morgan fingerprint density at radius 1 is 1.10 bits per heavy atom. The Hall–Kier alpha value is -2.12. The maximum atomic E-state index is 12.2. The highest BCUT2D eigenvalue weighted by atomic mass is 35.5. The molecule has 0 aliphatic heterocycles. The molecule has 0 amide bonds. The molecule has 0 radical (unpaired) electrons. The molecule has 0 spiro atoms. The molecule has 0 aliphatic rings. The summed E-state index contributed by atoms with van der Waals surface area (Å²) >= 11 is 5.65. The molecule has 0 saturated carbocycles. The van der Waals surface area contributed by atoms with Crippen molar-refractivity contribution in [1.82, 2.24) is 0 Å². The van der Waals surface area contributed by atoms with Crippen LogP contribution < -0.4 is 4.72 Å². The third-order valence-corrected chi connectivity index (χ3v) is 4.10. The lowest BCUT2D eigenvalue weighted by molar-refractivity contribution is -0.387. The van der Waals surface area contributed by atoms with E-state index in [0.717, 1.165) is 12.1 Å². The van der Waals surface area contributed by atoms with Gasteiger partial charge in [0.2, 0.25) is 0 Å². The molecule has 2 rings (SSSR count). The van der Waals surface area contributed by atoms with Crippen LogP contribution >= 0.6 is 11.6 Å². The molecule has 0 unspecified atom stereocenters. The number of nitrogens with zero attached hydrogens (tertiary/aromatic N) is 1. The summed E-state index contributed by atoms with van der Waals surface area (Å²) in [6.07, 6.45) is 0. The van der Waals surface area contributed by atoms with Gasteiger partial charge < -0.3 is 0 Å². The van der Waals surface area contributed by atoms with Crippen molar-refractivity contribution in [2.45, 2.75) is 4.90 Å². The predicted molar refractivity (Wildman–Crippen MR) is 75.4 cm³/mol. The summed E-state index contributed by atoms with van der Waals surface area (Å²) in [6.45, 7) is 0. The number of rotatable bonds is 4. The van der Waals surface area contributed by atoms with Crippen LogP contribution in [0.15, 0.2) is 53.4 Å². The van der Waals surface area contributed by atoms with Crippen molar-refractivity contribution in [3.8, 4) is 0 Å². The minimum Gasteiger partial charge on any atom is -0.279 e. The van der Waals surface area contributed by atoms with E-state index in [1.807, 2.05) is 0 Å². The molecular formula is C12H9ClN2O4S. The van der Waals surface area contributed by atoms with E-state index >= 15 is 0 Å². The summed E-state index contributed by atoms with van der Waals surface area (Å²) in [5, 5.41) is 11.0. The zero-order valence-corrected chi connectivity index (χ0v) is 11.6. The Labute approximate surface area is 120 Å². The first kappa shape index (κ1) is 14.3. The van der Waals surface area contributed by atoms with Gasteiger partial charge in [0.25, 0.3) is 15.7 Å². The zero-order chi connectivity index (χ0) is 14.8. The lowest BCUT2D eigenvalue weighted by Crippen LogP contribution is -2.14. The van der Waals surface area contributed by atoms with Gasteiger partial charge in [-0.25, -0.2) is 8.42 Å². The van der Waals surface area contributed by atoms with Gasteiger partial charge in [-0.1, -0.05) is 29.8 Å². The second kappa shape index (κ2) is 5.48. The van der Waals surface area contributed by atoms with Crippen LogP contribution in [-0.2, 0) is 10.0 Å². The SMILES string of the molecule is O=[N+]([O-])c1cc(Cl)ccc1S(=O)(=O)Nc1ccccc1. The van der Waals surface area contributed by atoms with Crippen LogP contribution in [0.1, 0.15) is 0 Å². The largest absolute Gasteiger partial charge is 0.291 e. The molecule has 0 heterocycles. The molecule has 0 saturated heterocycles. The fraction of sp³-hybridized carbons (Fsp3) is 0. The summed E-state index contributed by atoms with van der Waals surface area (Å²) in [7, 11) is -4.06. The van der Waals surface area contributed by atoms with E-state index in [1.54, 1.807) is 30.3 Å². The van der Waals surface area contributed by atoms with E-state index in [9.17, 15) is 18.5 Å². The zero-order valence-electron chi connectivity index (χ0n) is 9.99. The normalized spacial score (nSPS) is 11.1. The number of hydrogen-bond donors (Lipinski definition) is 1. The number of nitro groups is 1. The van der Waals surface area contributed by atoms with Gasteiger partial charge in [-0.15, -0.1) is 0 Å². The Bertz CT molecular complexity index is 747. The Morgan fingerprint density at radius 3 is 2.35 bits per heavy atom. The van der Waals surface area contributed by atoms with Crippen molar-refractivity contribution >= 4 is 33.0 Å². The van der Waals surface area contributed by atoms with E-state index in [2.05, 4.69) is 4.72 Å². The number of benzene rings is 2. The first-order chi connectivity index (χ1) is 9.40. The molecule has 0 atom stereocenters. The van der Waals surface area contributed by atoms with Crippen LogP contribution in [-0.4, -0.2) is 13.3 Å². The summed E-state index contributed by atoms with van der Waals surface area (Å²) in [4.78, 5) is 9.71. The summed E-state index contributed by atoms with van der Waals surface area (Å²) < 4.78 is 26.6. The molecule has 104 valence electrons. The van der Waals surface area contributed by atoms with Crippen molar-refractivity contribution in [2.75, 3.05) is 4.72 Å². The number of nitrogens with one attached hydrogen (secondary N) is 1. The molecule has 0 aliphatic carbocycles. The lowest BCUT2D eigenvalue weighted by Gasteiger charge is -2.08. The minimum atomic E-state index is -4.06. The number of anilines is 1. The Morgan fingerprint density at radius 2 is 1.75 bits per heavy atom. The minimum absolute atomic E-state index is 0.0929. The van der Waals surface area contributed by atoms with Crippen molar-refractivity contribution in [2.24, 2.45) is 0 Å². The molecule has 0 aromatic heterocycles. The number of hydrogen-bond acceptors (Lipinski definition) is 4. The van der Waals surface area contributed by atoms with Crippen LogP contribution in [0.25, 0.3) is 0 Å². The summed E-state index contributed by atoms with van der Waals surface area (Å²) in [5.41, 5.74) is -0.252. The monoisotopic (exact) mass is 312 g/mol. The summed E-state index contributed by atoms with van der Waals surface area (Å²) in [5.74, 6) is 0. The molecule has 20 heavy (non-hydrogen) atoms. The fourth-order valence-electron chi connectivity index (χ4n) is 1.58. The third kappa shape index (κ3) is 3.06. The molecule has 0 bridgehead atoms. The highest BCUT2D eigenvalue weighted by molar-refractivity contribution is 7.92. The number of para-hydroxylation sites is 1. The Kier molecular flexibility index (Phi) is 3.91. The Balaban J connectivity index is 2.47. The fourth-order valence-corrected chi connectivity index (χ4v) is 2.96. The van der Waals surface area contributed by atoms with Gasteiger partial charge in [-0.2, -0.15) is 0 Å². The highest BCUT2D eigenvalue weighted by Crippen LogP contribution is 2.28. The smallest absolute Gasteiger partial charge is 0.279 e. The van der Waals surface area contributed by atoms with Gasteiger partial charge in [0, 0.05) is 16.8 Å². The maximum absolute atomic E-state index is 12.2. The van der Waals surface area contributed by atoms with Crippen LogP contribution in [0.3, 0.4) is 0 Å². The standard InChI is InChI=1S/C12H9ClN2O4S/c13-9-6-7-12(11(8-9)15(16)17)20(18,19)14-10-4-2-1-3-5-10/h1-8,14H. The molecule has 8 heteroatoms. The van der Waals surface area contributed by atoms with E-state index in [-0.39, 0.29) is 5.02 Å². The predicted octanol–water partition coefficient (Wildman–Crippen LogP) is 3.05. The van der Waals surface area contributed by atoms with Crippen LogP contribution in [0, 0.1) is 10.1 Å². The van der Waals surface area contributed by atoms with Crippen molar-refractivity contribution in [1.29, 1.82) is 0 Å². The van der Waals surface area contributed by atoms with Crippen molar-refractivity contribution in [3.63, 3.8) is 0 Å². The van der Waals surface area contributed by atoms with Gasteiger partial charge in [-0.3, -0.25) is 14.8 Å². The highest BCUT2D eigenvalue weighted by Gasteiger charge is 2.26. The second-order valence-corrected chi connectivity index (χ2v) is 5.93. The van der Waals surface area contributed by atoms with Gasteiger partial charge >= 0.3 is 0 Å². The van der Waals surface area contributed by atoms with Gasteiger partial charge in [0.1, 0.15) is 0 Å². The molecule has 1 N–H and O–H groups in total. The van der Waals surface area contributed by atoms with E-state index in [1.165, 1.54) is 6.07 Å². The number of sulfonamides is 1. The van der Waals surface area contributed by atoms with Crippen LogP contribution in [0.4, 0.5) is 11.4 Å². The average Bonchev–Trinajstić information content (AvgIpc) is 2.38. The molecule has 2 aromatic carbocycles. The van der Waals surface area contributed by atoms with Crippen molar-refractivity contribution in [3.05, 3.63) is 63.7 Å². The maximum Gasteiger partial charge on any atom is 0.291 e. The molecule has 2 aromatic rings. The van der Waals surface area contributed by atoms with Gasteiger partial charge in [-0.05, 0) is 24.3 Å². The van der Waals surface area contributed by atoms with Crippen LogP contribution in [0.2, 0.25) is 5.02 Å². The number of halogens is 1. The second-order valence-electron chi connectivity index (χ2n) is 3.84. The van der Waals surface area contributed by atoms with E-state index < -0.39 is 25.5 Å². The topological polar surface area (TPSA) is 89.3 Å². The molecule has 6 nitrogen and oxygen atoms in total. The van der Waals surface area contributed by atoms with Gasteiger partial charge in [0.05, 0.1) is 4.92 Å². The number of nitro benzene ring substituents is 1. The lowest BCUT2D eigenvalue weighted by atomic mass is 10.3. The first-order valence-corrected chi connectivity index (χ1v) is 7.28. The molecule has 0 fully saturated rings. The molecular weight excluding hydrogens is 304 g/mol. The first-order valence-electron chi connectivity index (χ1n) is 5.42.